The SMILES string of the molecule is CC1CCCC1N1C(=O)C2(CC2)c2cnc(NC3CCN(SN4CCC5(CCCN5C(=O)CCCc5ccc6c(c5)n(C)c(=O)n6C5CCC(=O)NC5=O)C4)CC3)nc21. The first-order valence-corrected chi connectivity index (χ1v) is 22.8. The molecule has 4 saturated heterocycles. The number of fused-ring (bicyclic) bond motifs is 3. The zero-order valence-electron chi connectivity index (χ0n) is 34.3. The molecule has 2 aromatic heterocycles. The Kier molecular flexibility index (Phi) is 9.90. The summed E-state index contributed by atoms with van der Waals surface area (Å²) in [6.07, 6.45) is 14.6. The van der Waals surface area contributed by atoms with Gasteiger partial charge in [0.05, 0.1) is 22.0 Å². The molecule has 7 heterocycles. The minimum absolute atomic E-state index is 0.102. The molecule has 4 atom stereocenters. The smallest absolute Gasteiger partial charge is 0.329 e. The molecule has 4 amide bonds. The first-order chi connectivity index (χ1) is 28.5. The van der Waals surface area contributed by atoms with Gasteiger partial charge >= 0.3 is 5.69 Å². The maximum atomic E-state index is 13.8. The molecule has 2 N–H and O–H groups in total. The van der Waals surface area contributed by atoms with E-state index >= 15 is 0 Å². The number of anilines is 2. The number of nitrogens with zero attached hydrogens (tertiary/aromatic N) is 8. The molecule has 314 valence electrons. The highest BCUT2D eigenvalue weighted by Gasteiger charge is 2.62. The molecule has 3 aromatic rings. The number of imidazole rings is 1. The van der Waals surface area contributed by atoms with Crippen LogP contribution in [0.2, 0.25) is 0 Å². The number of amides is 4. The third-order valence-electron chi connectivity index (χ3n) is 14.8. The van der Waals surface area contributed by atoms with Gasteiger partial charge in [-0.3, -0.25) is 38.5 Å². The van der Waals surface area contributed by atoms with Crippen molar-refractivity contribution in [2.24, 2.45) is 13.0 Å². The molecule has 15 nitrogen and oxygen atoms in total. The highest BCUT2D eigenvalue weighted by Crippen LogP contribution is 2.58. The zero-order chi connectivity index (χ0) is 40.6. The summed E-state index contributed by atoms with van der Waals surface area (Å²) in [7, 11) is 1.71. The number of carbonyl (C=O) groups is 4. The second kappa shape index (κ2) is 15.0. The molecule has 6 fully saturated rings. The van der Waals surface area contributed by atoms with Gasteiger partial charge in [0.25, 0.3) is 0 Å². The van der Waals surface area contributed by atoms with Crippen molar-refractivity contribution < 1.29 is 19.2 Å². The Labute approximate surface area is 348 Å². The Hall–Kier alpha value is -4.28. The summed E-state index contributed by atoms with van der Waals surface area (Å²) in [6, 6.07) is 5.66. The van der Waals surface area contributed by atoms with Crippen molar-refractivity contribution in [1.29, 1.82) is 0 Å². The van der Waals surface area contributed by atoms with Gasteiger partial charge < -0.3 is 10.2 Å². The molecule has 5 aliphatic heterocycles. The largest absolute Gasteiger partial charge is 0.351 e. The van der Waals surface area contributed by atoms with Crippen molar-refractivity contribution >= 4 is 58.6 Å². The van der Waals surface area contributed by atoms with Crippen LogP contribution in [0.3, 0.4) is 0 Å². The maximum Gasteiger partial charge on any atom is 0.329 e. The van der Waals surface area contributed by atoms with E-state index in [9.17, 15) is 24.0 Å². The summed E-state index contributed by atoms with van der Waals surface area (Å²) in [5.41, 5.74) is 2.75. The van der Waals surface area contributed by atoms with Crippen molar-refractivity contribution in [3.8, 4) is 0 Å². The summed E-state index contributed by atoms with van der Waals surface area (Å²) in [4.78, 5) is 78.9. The number of rotatable bonds is 10. The van der Waals surface area contributed by atoms with Gasteiger partial charge in [-0.25, -0.2) is 18.4 Å². The van der Waals surface area contributed by atoms with Gasteiger partial charge in [-0.1, -0.05) is 19.4 Å². The van der Waals surface area contributed by atoms with Gasteiger partial charge in [0.1, 0.15) is 11.9 Å². The van der Waals surface area contributed by atoms with Crippen molar-refractivity contribution in [1.82, 2.24) is 37.9 Å². The van der Waals surface area contributed by atoms with Crippen LogP contribution < -0.4 is 21.2 Å². The van der Waals surface area contributed by atoms with Crippen LogP contribution in [0.1, 0.15) is 114 Å². The molecule has 2 spiro atoms. The molecule has 1 aromatic carbocycles. The van der Waals surface area contributed by atoms with E-state index in [0.717, 1.165) is 107 Å². The minimum Gasteiger partial charge on any atom is -0.351 e. The van der Waals surface area contributed by atoms with E-state index in [1.807, 2.05) is 36.5 Å². The van der Waals surface area contributed by atoms with E-state index in [1.54, 1.807) is 11.6 Å². The standard InChI is InChI=1S/C43H56N10O5S/c1-27-6-3-8-31(27)53-37-30(43(17-18-43)39(53)57)25-44-40(47-37)45-29-14-21-49(22-15-29)59-50-23-19-42(26-50)16-5-20-51(42)36(55)9-4-7-28-10-11-32-34(24-28)48(2)41(58)52(32)33-12-13-35(54)46-38(33)56/h10-11,24-25,27,29,31,33H,3-9,12-23,26H2,1-2H3,(H,44,45,47)(H,46,54,56). The van der Waals surface area contributed by atoms with Gasteiger partial charge in [0, 0.05) is 88.6 Å². The molecule has 7 aliphatic rings. The molecule has 10 rings (SSSR count). The molecule has 2 saturated carbocycles. The first-order valence-electron chi connectivity index (χ1n) is 22.0. The fourth-order valence-corrected chi connectivity index (χ4v) is 12.4. The van der Waals surface area contributed by atoms with Crippen LogP contribution in [0, 0.1) is 5.92 Å². The summed E-state index contributed by atoms with van der Waals surface area (Å²) in [6.45, 7) is 6.84. The van der Waals surface area contributed by atoms with E-state index in [4.69, 9.17) is 9.97 Å². The van der Waals surface area contributed by atoms with E-state index in [0.29, 0.717) is 43.1 Å². The lowest BCUT2D eigenvalue weighted by atomic mass is 9.94. The number of aromatic nitrogens is 4. The van der Waals surface area contributed by atoms with Crippen LogP contribution in [0.15, 0.2) is 29.2 Å². The Morgan fingerprint density at radius 1 is 0.949 bits per heavy atom. The number of imide groups is 1. The highest BCUT2D eigenvalue weighted by atomic mass is 32.2. The third kappa shape index (κ3) is 6.77. The van der Waals surface area contributed by atoms with Crippen LogP contribution >= 0.6 is 12.1 Å². The molecule has 16 heteroatoms. The Morgan fingerprint density at radius 2 is 1.78 bits per heavy atom. The van der Waals surface area contributed by atoms with Gasteiger partial charge in [0.15, 0.2) is 0 Å². The quantitative estimate of drug-likeness (QED) is 0.223. The predicted molar refractivity (Wildman–Crippen MR) is 224 cm³/mol. The Bertz CT molecular complexity index is 2260. The summed E-state index contributed by atoms with van der Waals surface area (Å²) >= 11 is 1.84. The molecule has 2 aliphatic carbocycles. The van der Waals surface area contributed by atoms with Crippen molar-refractivity contribution in [2.75, 3.05) is 42.9 Å². The number of aryl methyl sites for hydroxylation is 2. The first kappa shape index (κ1) is 38.9. The van der Waals surface area contributed by atoms with E-state index in [2.05, 4.69) is 36.0 Å². The van der Waals surface area contributed by atoms with Crippen molar-refractivity contribution in [3.63, 3.8) is 0 Å². The van der Waals surface area contributed by atoms with Crippen molar-refractivity contribution in [2.45, 2.75) is 132 Å². The molecular weight excluding hydrogens is 769 g/mol. The fourth-order valence-electron chi connectivity index (χ4n) is 11.3. The molecular formula is C43H56N10O5S. The molecule has 59 heavy (non-hydrogen) atoms. The van der Waals surface area contributed by atoms with Gasteiger partial charge in [-0.2, -0.15) is 4.98 Å². The number of benzene rings is 1. The summed E-state index contributed by atoms with van der Waals surface area (Å²) in [5, 5.41) is 6.00. The van der Waals surface area contributed by atoms with Crippen LogP contribution in [0.5, 0.6) is 0 Å². The van der Waals surface area contributed by atoms with E-state index in [1.165, 1.54) is 17.4 Å². The number of likely N-dealkylation sites (tertiary alicyclic amines) is 1. The lowest BCUT2D eigenvalue weighted by Gasteiger charge is -2.37. The highest BCUT2D eigenvalue weighted by molar-refractivity contribution is 7.94. The van der Waals surface area contributed by atoms with Crippen LogP contribution in [-0.4, -0.2) is 107 Å². The van der Waals surface area contributed by atoms with E-state index in [-0.39, 0.29) is 52.9 Å². The number of hydrogen-bond donors (Lipinski definition) is 2. The third-order valence-corrected chi connectivity index (χ3v) is 15.9. The molecule has 4 unspecified atom stereocenters. The Balaban J connectivity index is 0.707. The molecule has 0 radical (unpaired) electrons. The minimum atomic E-state index is -0.710. The van der Waals surface area contributed by atoms with Crippen LogP contribution in [-0.2, 0) is 38.1 Å². The summed E-state index contributed by atoms with van der Waals surface area (Å²) in [5.74, 6) is 1.71. The van der Waals surface area contributed by atoms with Gasteiger partial charge in [0.2, 0.25) is 29.6 Å². The number of hydrogen-bond acceptors (Lipinski definition) is 11. The predicted octanol–water partition coefficient (Wildman–Crippen LogP) is 4.20. The average molecular weight is 825 g/mol. The maximum absolute atomic E-state index is 13.8. The summed E-state index contributed by atoms with van der Waals surface area (Å²) < 4.78 is 7.99. The van der Waals surface area contributed by atoms with E-state index < -0.39 is 11.9 Å². The van der Waals surface area contributed by atoms with Gasteiger partial charge in [-0.15, -0.1) is 0 Å². The van der Waals surface area contributed by atoms with Crippen LogP contribution in [0.25, 0.3) is 11.0 Å². The average Bonchev–Trinajstić information content (AvgIpc) is 3.45. The monoisotopic (exact) mass is 824 g/mol. The Morgan fingerprint density at radius 3 is 2.54 bits per heavy atom. The second-order valence-corrected chi connectivity index (χ2v) is 19.6. The number of nitrogens with one attached hydrogen (secondary N) is 2. The zero-order valence-corrected chi connectivity index (χ0v) is 35.1. The van der Waals surface area contributed by atoms with Crippen LogP contribution in [0.4, 0.5) is 11.8 Å². The topological polar surface area (TPSA) is 158 Å². The number of piperidine rings is 2. The second-order valence-electron chi connectivity index (χ2n) is 18.4. The normalized spacial score (nSPS) is 28.4. The van der Waals surface area contributed by atoms with Crippen molar-refractivity contribution in [3.05, 3.63) is 46.0 Å². The van der Waals surface area contributed by atoms with Gasteiger partial charge in [-0.05, 0) is 101 Å². The lowest BCUT2D eigenvalue weighted by Crippen LogP contribution is -2.49. The lowest BCUT2D eigenvalue weighted by molar-refractivity contribution is -0.136. The fraction of sp³-hybridized carbons (Fsp3) is 0.651. The molecule has 0 bridgehead atoms. The number of carbonyl (C=O) groups excluding carboxylic acids is 4.